The Morgan fingerprint density at radius 1 is 1.25 bits per heavy atom. The Morgan fingerprint density at radius 3 is 2.33 bits per heavy atom. The highest BCUT2D eigenvalue weighted by molar-refractivity contribution is 6.30. The number of hydrogen-bond acceptors (Lipinski definition) is 0. The van der Waals surface area contributed by atoms with Crippen molar-refractivity contribution in [3.63, 3.8) is 0 Å². The number of hydrogen-bond donors (Lipinski definition) is 0. The van der Waals surface area contributed by atoms with Gasteiger partial charge in [0.1, 0.15) is 0 Å². The molecule has 1 radical (unpaired) electrons. The summed E-state index contributed by atoms with van der Waals surface area (Å²) in [6.07, 6.45) is 1.87. The first-order valence-corrected chi connectivity index (χ1v) is 4.71. The van der Waals surface area contributed by atoms with Gasteiger partial charge in [-0.1, -0.05) is 23.7 Å². The fraction of sp³-hybridized carbons (Fsp3) is 0.300. The van der Waals surface area contributed by atoms with Gasteiger partial charge in [-0.25, -0.2) is 0 Å². The van der Waals surface area contributed by atoms with Crippen molar-refractivity contribution in [1.29, 1.82) is 0 Å². The van der Waals surface area contributed by atoms with E-state index in [1.54, 1.807) is 0 Å². The first kappa shape index (κ1) is 9.88. The molecule has 1 unspecified atom stereocenters. The molecule has 0 bridgehead atoms. The van der Waals surface area contributed by atoms with E-state index >= 15 is 0 Å². The van der Waals surface area contributed by atoms with Crippen molar-refractivity contribution in [1.82, 2.24) is 0 Å². The van der Waals surface area contributed by atoms with Gasteiger partial charge in [0.2, 0.25) is 0 Å². The predicted octanol–water partition coefficient (Wildman–Crippen LogP) is 3.71. The van der Waals surface area contributed by atoms with Crippen LogP contribution < -0.4 is 0 Å². The van der Waals surface area contributed by atoms with Gasteiger partial charge in [-0.15, -0.1) is 11.6 Å². The van der Waals surface area contributed by atoms with Gasteiger partial charge in [0.25, 0.3) is 0 Å². The van der Waals surface area contributed by atoms with Crippen molar-refractivity contribution in [2.45, 2.75) is 18.2 Å². The molecule has 65 valence electrons. The number of benzene rings is 1. The van der Waals surface area contributed by atoms with Crippen LogP contribution in [-0.2, 0) is 6.42 Å². The van der Waals surface area contributed by atoms with Crippen molar-refractivity contribution >= 4 is 23.2 Å². The zero-order valence-corrected chi connectivity index (χ0v) is 8.28. The maximum Gasteiger partial charge on any atom is 0.0406 e. The Labute approximate surface area is 83.5 Å². The summed E-state index contributed by atoms with van der Waals surface area (Å²) in [7, 11) is 0. The quantitative estimate of drug-likeness (QED) is 0.655. The third kappa shape index (κ3) is 3.46. The minimum atomic E-state index is 0.000628. The molecule has 0 spiro atoms. The monoisotopic (exact) mass is 201 g/mol. The summed E-state index contributed by atoms with van der Waals surface area (Å²) in [5.41, 5.74) is 1.26. The fourth-order valence-electron chi connectivity index (χ4n) is 0.974. The largest absolute Gasteiger partial charge is 0.123 e. The van der Waals surface area contributed by atoms with Crippen LogP contribution in [0.25, 0.3) is 0 Å². The van der Waals surface area contributed by atoms with Gasteiger partial charge in [0, 0.05) is 10.4 Å². The van der Waals surface area contributed by atoms with Crippen molar-refractivity contribution in [3.8, 4) is 0 Å². The van der Waals surface area contributed by atoms with Gasteiger partial charge in [-0.3, -0.25) is 0 Å². The minimum Gasteiger partial charge on any atom is -0.123 e. The van der Waals surface area contributed by atoms with Crippen LogP contribution in [0.4, 0.5) is 0 Å². The molecular weight excluding hydrogens is 191 g/mol. The van der Waals surface area contributed by atoms with E-state index in [0.29, 0.717) is 0 Å². The van der Waals surface area contributed by atoms with Crippen molar-refractivity contribution in [2.75, 3.05) is 0 Å². The maximum absolute atomic E-state index is 5.74. The highest BCUT2D eigenvalue weighted by Crippen LogP contribution is 2.12. The molecule has 1 atom stereocenters. The van der Waals surface area contributed by atoms with Gasteiger partial charge >= 0.3 is 0 Å². The van der Waals surface area contributed by atoms with Crippen LogP contribution in [0.5, 0.6) is 0 Å². The van der Waals surface area contributed by atoms with Gasteiger partial charge < -0.3 is 0 Å². The second-order valence-electron chi connectivity index (χ2n) is 2.76. The number of halogens is 2. The molecule has 0 aliphatic rings. The Balaban J connectivity index is 2.48. The summed E-state index contributed by atoms with van der Waals surface area (Å²) in [5, 5.41) is 0.775. The molecule has 2 heteroatoms. The van der Waals surface area contributed by atoms with E-state index in [1.807, 2.05) is 24.3 Å². The second-order valence-corrected chi connectivity index (χ2v) is 3.82. The van der Waals surface area contributed by atoms with E-state index in [9.17, 15) is 0 Å². The molecule has 1 aromatic rings. The van der Waals surface area contributed by atoms with E-state index < -0.39 is 0 Å². The number of alkyl halides is 1. The lowest BCUT2D eigenvalue weighted by Crippen LogP contribution is -1.94. The van der Waals surface area contributed by atoms with Crippen molar-refractivity contribution in [2.24, 2.45) is 0 Å². The van der Waals surface area contributed by atoms with Crippen LogP contribution in [0.1, 0.15) is 12.0 Å². The smallest absolute Gasteiger partial charge is 0.0406 e. The molecule has 0 saturated heterocycles. The predicted molar refractivity (Wildman–Crippen MR) is 54.8 cm³/mol. The lowest BCUT2D eigenvalue weighted by molar-refractivity contribution is 0.847. The van der Waals surface area contributed by atoms with Gasteiger partial charge in [-0.05, 0) is 37.5 Å². The normalized spacial score (nSPS) is 12.9. The first-order valence-electron chi connectivity index (χ1n) is 3.90. The van der Waals surface area contributed by atoms with Gasteiger partial charge in [-0.2, -0.15) is 0 Å². The third-order valence-corrected chi connectivity index (χ3v) is 2.13. The summed E-state index contributed by atoms with van der Waals surface area (Å²) in [5.74, 6) is 0. The summed E-state index contributed by atoms with van der Waals surface area (Å²) in [6, 6.07) is 7.82. The average molecular weight is 202 g/mol. The molecular formula is C10H11Cl2. The molecule has 0 saturated carbocycles. The van der Waals surface area contributed by atoms with Crippen LogP contribution in [0, 0.1) is 6.92 Å². The standard InChI is InChI=1S/C10H11Cl2/c1-8(11)2-3-9-4-6-10(12)7-5-9/h4-8H,1-3H2. The number of rotatable bonds is 3. The molecule has 1 rings (SSSR count). The second kappa shape index (κ2) is 4.74. The molecule has 12 heavy (non-hydrogen) atoms. The Morgan fingerprint density at radius 2 is 1.83 bits per heavy atom. The zero-order chi connectivity index (χ0) is 8.97. The first-order chi connectivity index (χ1) is 5.68. The minimum absolute atomic E-state index is 0.000628. The molecule has 0 nitrogen and oxygen atoms in total. The summed E-state index contributed by atoms with van der Waals surface area (Å²) in [6.45, 7) is 3.71. The molecule has 0 amide bonds. The fourth-order valence-corrected chi connectivity index (χ4v) is 1.21. The van der Waals surface area contributed by atoms with E-state index in [4.69, 9.17) is 23.2 Å². The Kier molecular flexibility index (Phi) is 3.90. The third-order valence-electron chi connectivity index (χ3n) is 1.66. The maximum atomic E-state index is 5.74. The average Bonchev–Trinajstić information content (AvgIpc) is 2.03. The van der Waals surface area contributed by atoms with Crippen LogP contribution >= 0.6 is 23.2 Å². The van der Waals surface area contributed by atoms with E-state index in [2.05, 4.69) is 6.92 Å². The molecule has 0 aliphatic heterocycles. The highest BCUT2D eigenvalue weighted by atomic mass is 35.5. The van der Waals surface area contributed by atoms with Crippen LogP contribution in [-0.4, -0.2) is 5.38 Å². The Hall–Kier alpha value is -0.200. The van der Waals surface area contributed by atoms with Crippen LogP contribution in [0.15, 0.2) is 24.3 Å². The molecule has 0 heterocycles. The van der Waals surface area contributed by atoms with Crippen LogP contribution in [0.2, 0.25) is 5.02 Å². The van der Waals surface area contributed by atoms with Gasteiger partial charge in [0.05, 0.1) is 0 Å². The topological polar surface area (TPSA) is 0 Å². The zero-order valence-electron chi connectivity index (χ0n) is 6.76. The van der Waals surface area contributed by atoms with Crippen LogP contribution in [0.3, 0.4) is 0 Å². The summed E-state index contributed by atoms with van der Waals surface area (Å²) >= 11 is 11.5. The Bertz CT molecular complexity index is 226. The van der Waals surface area contributed by atoms with E-state index in [0.717, 1.165) is 17.9 Å². The molecule has 0 aromatic heterocycles. The van der Waals surface area contributed by atoms with Gasteiger partial charge in [0.15, 0.2) is 0 Å². The molecule has 1 aromatic carbocycles. The van der Waals surface area contributed by atoms with E-state index in [-0.39, 0.29) is 5.38 Å². The molecule has 0 N–H and O–H groups in total. The summed E-state index contributed by atoms with van der Waals surface area (Å²) < 4.78 is 0. The SMILES string of the molecule is [CH2]C(Cl)CCc1ccc(Cl)cc1. The summed E-state index contributed by atoms with van der Waals surface area (Å²) in [4.78, 5) is 0. The lowest BCUT2D eigenvalue weighted by atomic mass is 10.1. The lowest BCUT2D eigenvalue weighted by Gasteiger charge is -2.02. The number of aryl methyl sites for hydroxylation is 1. The highest BCUT2D eigenvalue weighted by Gasteiger charge is 1.97. The van der Waals surface area contributed by atoms with Crippen molar-refractivity contribution in [3.05, 3.63) is 41.8 Å². The molecule has 0 aliphatic carbocycles. The van der Waals surface area contributed by atoms with E-state index in [1.165, 1.54) is 5.56 Å². The van der Waals surface area contributed by atoms with Crippen molar-refractivity contribution < 1.29 is 0 Å². The molecule has 0 fully saturated rings.